The Bertz CT molecular complexity index is 692. The average molecular weight is 363 g/mol. The van der Waals surface area contributed by atoms with Crippen molar-refractivity contribution in [3.63, 3.8) is 0 Å². The van der Waals surface area contributed by atoms with Crippen molar-refractivity contribution in [1.29, 1.82) is 0 Å². The van der Waals surface area contributed by atoms with E-state index in [1.54, 1.807) is 39.0 Å². The fraction of sp³-hybridized carbons (Fsp3) is 0.526. The molecule has 1 aliphatic rings. The highest BCUT2D eigenvalue weighted by molar-refractivity contribution is 6.08. The monoisotopic (exact) mass is 363 g/mol. The van der Waals surface area contributed by atoms with Crippen molar-refractivity contribution in [2.45, 2.75) is 39.2 Å². The summed E-state index contributed by atoms with van der Waals surface area (Å²) in [5.74, 6) is -0.470. The van der Waals surface area contributed by atoms with Gasteiger partial charge in [-0.05, 0) is 39.3 Å². The van der Waals surface area contributed by atoms with Gasteiger partial charge in [0.15, 0.2) is 5.78 Å². The van der Waals surface area contributed by atoms with Gasteiger partial charge < -0.3 is 19.1 Å². The second-order valence-corrected chi connectivity index (χ2v) is 7.01. The van der Waals surface area contributed by atoms with Crippen molar-refractivity contribution < 1.29 is 28.6 Å². The second-order valence-electron chi connectivity index (χ2n) is 7.01. The summed E-state index contributed by atoms with van der Waals surface area (Å²) in [6.07, 6.45) is 0.217. The van der Waals surface area contributed by atoms with E-state index >= 15 is 0 Å². The quantitative estimate of drug-likeness (QED) is 0.713. The molecular weight excluding hydrogens is 338 g/mol. The topological polar surface area (TPSA) is 82.1 Å². The summed E-state index contributed by atoms with van der Waals surface area (Å²) in [5, 5.41) is 0. The van der Waals surface area contributed by atoms with Gasteiger partial charge in [-0.2, -0.15) is 0 Å². The van der Waals surface area contributed by atoms with E-state index in [2.05, 4.69) is 0 Å². The van der Waals surface area contributed by atoms with Gasteiger partial charge >= 0.3 is 12.1 Å². The molecule has 0 aliphatic carbocycles. The number of rotatable bonds is 1. The minimum Gasteiger partial charge on any atom is -0.491 e. The third-order valence-electron chi connectivity index (χ3n) is 3.81. The van der Waals surface area contributed by atoms with Gasteiger partial charge in [-0.1, -0.05) is 6.07 Å². The fourth-order valence-corrected chi connectivity index (χ4v) is 2.66. The first kappa shape index (κ1) is 19.8. The van der Waals surface area contributed by atoms with Gasteiger partial charge in [-0.3, -0.25) is 4.79 Å². The summed E-state index contributed by atoms with van der Waals surface area (Å²) in [5.41, 5.74) is -0.157. The number of benzene rings is 1. The number of amides is 1. The molecule has 0 saturated heterocycles. The first-order valence-electron chi connectivity index (χ1n) is 8.58. The summed E-state index contributed by atoms with van der Waals surface area (Å²) in [6, 6.07) is 4.82. The molecule has 7 nitrogen and oxygen atoms in total. The molecule has 0 spiro atoms. The molecule has 0 atom stereocenters. The van der Waals surface area contributed by atoms with Gasteiger partial charge in [0.2, 0.25) is 0 Å². The molecule has 7 heteroatoms. The summed E-state index contributed by atoms with van der Waals surface area (Å²) in [6.45, 7) is 6.29. The van der Waals surface area contributed by atoms with Crippen molar-refractivity contribution in [3.05, 3.63) is 29.3 Å². The van der Waals surface area contributed by atoms with Crippen LogP contribution in [0.4, 0.5) is 4.79 Å². The Morgan fingerprint density at radius 1 is 1.19 bits per heavy atom. The summed E-state index contributed by atoms with van der Waals surface area (Å²) in [4.78, 5) is 38.4. The maximum absolute atomic E-state index is 12.6. The lowest BCUT2D eigenvalue weighted by Crippen LogP contribution is -2.40. The van der Waals surface area contributed by atoms with Crippen LogP contribution in [0, 0.1) is 0 Å². The van der Waals surface area contributed by atoms with E-state index in [0.29, 0.717) is 25.3 Å². The number of ketones is 1. The zero-order chi connectivity index (χ0) is 19.3. The van der Waals surface area contributed by atoms with Crippen molar-refractivity contribution in [3.8, 4) is 5.75 Å². The number of carbonyl (C=O) groups is 3. The number of nitrogens with zero attached hydrogens (tertiary/aromatic N) is 1. The fourth-order valence-electron chi connectivity index (χ4n) is 2.66. The molecule has 0 saturated carbocycles. The number of carbonyl (C=O) groups excluding carboxylic acids is 3. The van der Waals surface area contributed by atoms with Crippen LogP contribution >= 0.6 is 0 Å². The lowest BCUT2D eigenvalue weighted by molar-refractivity contribution is 0.0220. The van der Waals surface area contributed by atoms with Crippen LogP contribution < -0.4 is 4.74 Å². The largest absolute Gasteiger partial charge is 0.491 e. The average Bonchev–Trinajstić information content (AvgIpc) is 2.57. The molecular formula is C19H25NO6. The molecule has 1 amide bonds. The van der Waals surface area contributed by atoms with Gasteiger partial charge in [0, 0.05) is 13.0 Å². The molecule has 2 rings (SSSR count). The number of esters is 1. The second kappa shape index (κ2) is 8.21. The van der Waals surface area contributed by atoms with E-state index in [-0.39, 0.29) is 29.9 Å². The first-order chi connectivity index (χ1) is 12.2. The maximum Gasteiger partial charge on any atom is 0.410 e. The Kier molecular flexibility index (Phi) is 6.23. The lowest BCUT2D eigenvalue weighted by Gasteiger charge is -2.28. The molecule has 1 aliphatic heterocycles. The van der Waals surface area contributed by atoms with Crippen LogP contribution in [-0.2, 0) is 9.47 Å². The molecule has 0 N–H and O–H groups in total. The Morgan fingerprint density at radius 2 is 1.92 bits per heavy atom. The highest BCUT2D eigenvalue weighted by atomic mass is 16.6. The Labute approximate surface area is 153 Å². The third kappa shape index (κ3) is 4.97. The first-order valence-corrected chi connectivity index (χ1v) is 8.58. The van der Waals surface area contributed by atoms with Crippen LogP contribution in [-0.4, -0.2) is 55.2 Å². The van der Waals surface area contributed by atoms with E-state index in [1.807, 2.05) is 0 Å². The summed E-state index contributed by atoms with van der Waals surface area (Å²) < 4.78 is 15.9. The molecule has 0 radical (unpaired) electrons. The van der Waals surface area contributed by atoms with Gasteiger partial charge in [-0.25, -0.2) is 9.59 Å². The van der Waals surface area contributed by atoms with E-state index in [9.17, 15) is 14.4 Å². The molecule has 1 aromatic rings. The molecule has 1 aromatic carbocycles. The van der Waals surface area contributed by atoms with Crippen LogP contribution in [0.1, 0.15) is 54.3 Å². The molecule has 1 heterocycles. The number of fused-ring (bicyclic) bond motifs is 1. The molecule has 26 heavy (non-hydrogen) atoms. The minimum atomic E-state index is -0.592. The van der Waals surface area contributed by atoms with Crippen LogP contribution in [0.5, 0.6) is 5.75 Å². The van der Waals surface area contributed by atoms with E-state index in [4.69, 9.17) is 14.2 Å². The highest BCUT2D eigenvalue weighted by Crippen LogP contribution is 2.26. The predicted molar refractivity (Wildman–Crippen MR) is 94.6 cm³/mol. The van der Waals surface area contributed by atoms with Gasteiger partial charge in [0.05, 0.1) is 24.8 Å². The number of methoxy groups -OCH3 is 1. The summed E-state index contributed by atoms with van der Waals surface area (Å²) >= 11 is 0. The minimum absolute atomic E-state index is 0.184. The molecule has 0 aromatic heterocycles. The maximum atomic E-state index is 12.6. The zero-order valence-electron chi connectivity index (χ0n) is 15.7. The highest BCUT2D eigenvalue weighted by Gasteiger charge is 2.26. The molecule has 142 valence electrons. The van der Waals surface area contributed by atoms with Gasteiger partial charge in [0.1, 0.15) is 18.0 Å². The predicted octanol–water partition coefficient (Wildman–Crippen LogP) is 3.07. The van der Waals surface area contributed by atoms with Crippen molar-refractivity contribution in [2.75, 3.05) is 26.8 Å². The van der Waals surface area contributed by atoms with E-state index < -0.39 is 17.7 Å². The van der Waals surface area contributed by atoms with E-state index in [1.165, 1.54) is 12.0 Å². The molecule has 0 fully saturated rings. The van der Waals surface area contributed by atoms with Gasteiger partial charge in [0.25, 0.3) is 0 Å². The third-order valence-corrected chi connectivity index (χ3v) is 3.81. The molecule has 0 unspecified atom stereocenters. The van der Waals surface area contributed by atoms with Crippen molar-refractivity contribution >= 4 is 17.8 Å². The smallest absolute Gasteiger partial charge is 0.410 e. The van der Waals surface area contributed by atoms with Crippen LogP contribution in [0.2, 0.25) is 0 Å². The lowest BCUT2D eigenvalue weighted by atomic mass is 9.99. The zero-order valence-corrected chi connectivity index (χ0v) is 15.7. The number of hydrogen-bond acceptors (Lipinski definition) is 6. The number of Topliss-reactive ketones (excluding diaryl/α,β-unsaturated/α-hetero) is 1. The van der Waals surface area contributed by atoms with Crippen molar-refractivity contribution in [2.24, 2.45) is 0 Å². The van der Waals surface area contributed by atoms with Crippen LogP contribution in [0.3, 0.4) is 0 Å². The SMILES string of the molecule is COC(=O)c1cccc2c1C(=O)CCCN(C(=O)OC(C)(C)C)CCO2. The number of ether oxygens (including phenoxy) is 3. The van der Waals surface area contributed by atoms with Crippen LogP contribution in [0.25, 0.3) is 0 Å². The normalized spacial score (nSPS) is 15.5. The Balaban J connectivity index is 2.22. The Hall–Kier alpha value is -2.57. The van der Waals surface area contributed by atoms with Gasteiger partial charge in [-0.15, -0.1) is 0 Å². The standard InChI is InChI=1S/C19H25NO6/c1-19(2,3)26-18(23)20-10-6-8-14(21)16-13(17(22)24-4)7-5-9-15(16)25-12-11-20/h5,7,9H,6,8,10-12H2,1-4H3. The van der Waals surface area contributed by atoms with Crippen LogP contribution in [0.15, 0.2) is 18.2 Å². The number of hydrogen-bond donors (Lipinski definition) is 0. The summed E-state index contributed by atoms with van der Waals surface area (Å²) in [7, 11) is 1.27. The van der Waals surface area contributed by atoms with E-state index in [0.717, 1.165) is 0 Å². The van der Waals surface area contributed by atoms with Crippen molar-refractivity contribution in [1.82, 2.24) is 4.90 Å². The Morgan fingerprint density at radius 3 is 2.58 bits per heavy atom. The molecule has 0 bridgehead atoms.